The fourth-order valence-electron chi connectivity index (χ4n) is 1.31. The van der Waals surface area contributed by atoms with Crippen LogP contribution in [0.5, 0.6) is 0 Å². The molecule has 4 nitrogen and oxygen atoms in total. The standard InChI is InChI=1S/C9H11ClN2O2S/c1-6-4-8(6)12-15(13,14)7-2-3-11-9(10)5-7/h2-3,5-6,8,12H,4H2,1H3. The lowest BCUT2D eigenvalue weighted by atomic mass is 10.5. The first-order chi connectivity index (χ1) is 6.99. The molecule has 1 aliphatic carbocycles. The molecule has 0 spiro atoms. The molecule has 1 aliphatic rings. The molecule has 1 saturated carbocycles. The van der Waals surface area contributed by atoms with Crippen LogP contribution < -0.4 is 4.72 Å². The molecule has 2 unspecified atom stereocenters. The van der Waals surface area contributed by atoms with E-state index in [1.165, 1.54) is 18.3 Å². The number of nitrogens with zero attached hydrogens (tertiary/aromatic N) is 1. The van der Waals surface area contributed by atoms with Gasteiger partial charge in [0.1, 0.15) is 5.15 Å². The van der Waals surface area contributed by atoms with E-state index in [-0.39, 0.29) is 16.1 Å². The second-order valence-electron chi connectivity index (χ2n) is 3.76. The van der Waals surface area contributed by atoms with Crippen molar-refractivity contribution in [3.05, 3.63) is 23.5 Å². The molecule has 1 aromatic heterocycles. The van der Waals surface area contributed by atoms with Crippen LogP contribution in [0, 0.1) is 5.92 Å². The van der Waals surface area contributed by atoms with Gasteiger partial charge in [0.2, 0.25) is 10.0 Å². The monoisotopic (exact) mass is 246 g/mol. The number of aromatic nitrogens is 1. The maximum absolute atomic E-state index is 11.8. The molecule has 0 amide bonds. The van der Waals surface area contributed by atoms with Gasteiger partial charge in [0, 0.05) is 12.2 Å². The average molecular weight is 247 g/mol. The maximum atomic E-state index is 11.8. The highest BCUT2D eigenvalue weighted by atomic mass is 35.5. The molecule has 2 rings (SSSR count). The third-order valence-corrected chi connectivity index (χ3v) is 4.12. The quantitative estimate of drug-likeness (QED) is 0.821. The molecule has 15 heavy (non-hydrogen) atoms. The van der Waals surface area contributed by atoms with Gasteiger partial charge in [-0.2, -0.15) is 0 Å². The zero-order valence-corrected chi connectivity index (χ0v) is 9.72. The number of hydrogen-bond acceptors (Lipinski definition) is 3. The summed E-state index contributed by atoms with van der Waals surface area (Å²) in [7, 11) is -3.43. The molecule has 0 radical (unpaired) electrons. The van der Waals surface area contributed by atoms with Crippen molar-refractivity contribution in [1.29, 1.82) is 0 Å². The largest absolute Gasteiger partial charge is 0.244 e. The average Bonchev–Trinajstić information content (AvgIpc) is 2.80. The van der Waals surface area contributed by atoms with Gasteiger partial charge in [0.15, 0.2) is 0 Å². The Bertz CT molecular complexity index is 475. The summed E-state index contributed by atoms with van der Waals surface area (Å²) in [6.07, 6.45) is 2.28. The van der Waals surface area contributed by atoms with E-state index >= 15 is 0 Å². The highest BCUT2D eigenvalue weighted by molar-refractivity contribution is 7.89. The Kier molecular flexibility index (Phi) is 2.70. The summed E-state index contributed by atoms with van der Waals surface area (Å²) in [6.45, 7) is 2.01. The van der Waals surface area contributed by atoms with Crippen molar-refractivity contribution in [2.45, 2.75) is 24.3 Å². The van der Waals surface area contributed by atoms with Crippen molar-refractivity contribution < 1.29 is 8.42 Å². The summed E-state index contributed by atoms with van der Waals surface area (Å²) in [4.78, 5) is 3.90. The number of pyridine rings is 1. The molecule has 0 bridgehead atoms. The Morgan fingerprint density at radius 1 is 1.60 bits per heavy atom. The first kappa shape index (κ1) is 10.9. The molecule has 1 aromatic rings. The van der Waals surface area contributed by atoms with Crippen molar-refractivity contribution in [2.24, 2.45) is 5.92 Å². The van der Waals surface area contributed by atoms with Gasteiger partial charge in [0.25, 0.3) is 0 Å². The van der Waals surface area contributed by atoms with Crippen molar-refractivity contribution in [1.82, 2.24) is 9.71 Å². The van der Waals surface area contributed by atoms with Crippen molar-refractivity contribution in [2.75, 3.05) is 0 Å². The second-order valence-corrected chi connectivity index (χ2v) is 5.86. The lowest BCUT2D eigenvalue weighted by Gasteiger charge is -2.05. The van der Waals surface area contributed by atoms with Crippen LogP contribution in [0.1, 0.15) is 13.3 Å². The Labute approximate surface area is 93.7 Å². The predicted octanol–water partition coefficient (Wildman–Crippen LogP) is 1.42. The Morgan fingerprint density at radius 3 is 2.80 bits per heavy atom. The van der Waals surface area contributed by atoms with Crippen molar-refractivity contribution in [3.8, 4) is 0 Å². The van der Waals surface area contributed by atoms with E-state index in [0.717, 1.165) is 6.42 Å². The van der Waals surface area contributed by atoms with Crippen LogP contribution >= 0.6 is 11.6 Å². The molecule has 6 heteroatoms. The topological polar surface area (TPSA) is 59.1 Å². The Balaban J connectivity index is 2.21. The number of sulfonamides is 1. The van der Waals surface area contributed by atoms with E-state index < -0.39 is 10.0 Å². The van der Waals surface area contributed by atoms with Crippen LogP contribution in [0.4, 0.5) is 0 Å². The molecule has 0 aliphatic heterocycles. The van der Waals surface area contributed by atoms with Crippen LogP contribution in [0.2, 0.25) is 5.15 Å². The number of hydrogen-bond donors (Lipinski definition) is 1. The van der Waals surface area contributed by atoms with Gasteiger partial charge in [-0.3, -0.25) is 0 Å². The number of halogens is 1. The van der Waals surface area contributed by atoms with Gasteiger partial charge in [-0.25, -0.2) is 18.1 Å². The first-order valence-corrected chi connectivity index (χ1v) is 6.49. The SMILES string of the molecule is CC1CC1NS(=O)(=O)c1ccnc(Cl)c1. The smallest absolute Gasteiger partial charge is 0.240 e. The van der Waals surface area contributed by atoms with Gasteiger partial charge in [-0.05, 0) is 24.5 Å². The number of rotatable bonds is 3. The van der Waals surface area contributed by atoms with Crippen molar-refractivity contribution >= 4 is 21.6 Å². The molecule has 0 saturated heterocycles. The van der Waals surface area contributed by atoms with E-state index in [4.69, 9.17) is 11.6 Å². The molecule has 0 aromatic carbocycles. The highest BCUT2D eigenvalue weighted by Crippen LogP contribution is 2.30. The summed E-state index contributed by atoms with van der Waals surface area (Å²) in [5.74, 6) is 0.428. The van der Waals surface area contributed by atoms with Gasteiger partial charge < -0.3 is 0 Å². The van der Waals surface area contributed by atoms with Gasteiger partial charge >= 0.3 is 0 Å². The van der Waals surface area contributed by atoms with Crippen LogP contribution in [-0.2, 0) is 10.0 Å². The second kappa shape index (κ2) is 3.73. The van der Waals surface area contributed by atoms with E-state index in [2.05, 4.69) is 9.71 Å². The lowest BCUT2D eigenvalue weighted by Crippen LogP contribution is -2.26. The normalized spacial score (nSPS) is 25.2. The minimum Gasteiger partial charge on any atom is -0.244 e. The van der Waals surface area contributed by atoms with Crippen LogP contribution in [0.3, 0.4) is 0 Å². The lowest BCUT2D eigenvalue weighted by molar-refractivity contribution is 0.578. The maximum Gasteiger partial charge on any atom is 0.240 e. The molecule has 1 fully saturated rings. The van der Waals surface area contributed by atoms with E-state index in [9.17, 15) is 8.42 Å². The molecular weight excluding hydrogens is 236 g/mol. The first-order valence-electron chi connectivity index (χ1n) is 4.63. The van der Waals surface area contributed by atoms with Crippen LogP contribution in [-0.4, -0.2) is 19.4 Å². The van der Waals surface area contributed by atoms with Gasteiger partial charge in [-0.15, -0.1) is 0 Å². The summed E-state index contributed by atoms with van der Waals surface area (Å²) in [6, 6.07) is 2.85. The zero-order valence-electron chi connectivity index (χ0n) is 8.14. The fraction of sp³-hybridized carbons (Fsp3) is 0.444. The minimum atomic E-state index is -3.43. The van der Waals surface area contributed by atoms with E-state index in [1.807, 2.05) is 6.92 Å². The van der Waals surface area contributed by atoms with Gasteiger partial charge in [-0.1, -0.05) is 18.5 Å². The van der Waals surface area contributed by atoms with Crippen molar-refractivity contribution in [3.63, 3.8) is 0 Å². The summed E-state index contributed by atoms with van der Waals surface area (Å²) < 4.78 is 26.2. The Morgan fingerprint density at radius 2 is 2.27 bits per heavy atom. The summed E-state index contributed by atoms with van der Waals surface area (Å²) in [5.41, 5.74) is 0. The minimum absolute atomic E-state index is 0.0712. The number of nitrogens with one attached hydrogen (secondary N) is 1. The third kappa shape index (κ3) is 2.48. The molecule has 2 atom stereocenters. The summed E-state index contributed by atoms with van der Waals surface area (Å²) in [5, 5.41) is 0.182. The van der Waals surface area contributed by atoms with E-state index in [0.29, 0.717) is 5.92 Å². The van der Waals surface area contributed by atoms with Crippen LogP contribution in [0.15, 0.2) is 23.2 Å². The fourth-order valence-corrected chi connectivity index (χ4v) is 2.91. The van der Waals surface area contributed by atoms with Crippen LogP contribution in [0.25, 0.3) is 0 Å². The molecule has 82 valence electrons. The molecular formula is C9H11ClN2O2S. The van der Waals surface area contributed by atoms with E-state index in [1.54, 1.807) is 0 Å². The van der Waals surface area contributed by atoms with Gasteiger partial charge in [0.05, 0.1) is 4.90 Å². The predicted molar refractivity (Wildman–Crippen MR) is 57.1 cm³/mol. The highest BCUT2D eigenvalue weighted by Gasteiger charge is 2.36. The summed E-state index contributed by atoms with van der Waals surface area (Å²) >= 11 is 5.63. The Hall–Kier alpha value is -0.650. The zero-order chi connectivity index (χ0) is 11.1. The molecule has 1 heterocycles. The molecule has 1 N–H and O–H groups in total. The third-order valence-electron chi connectivity index (χ3n) is 2.42.